The number of aromatic nitrogens is 2. The molecule has 0 aliphatic carbocycles. The van der Waals surface area contributed by atoms with Gasteiger partial charge in [0, 0.05) is 45.3 Å². The van der Waals surface area contributed by atoms with Gasteiger partial charge in [0.05, 0.1) is 11.0 Å². The molecule has 0 fully saturated rings. The van der Waals surface area contributed by atoms with Crippen LogP contribution in [0.15, 0.2) is 140 Å². The first kappa shape index (κ1) is 22.0. The lowest BCUT2D eigenvalue weighted by molar-refractivity contribution is 1.01. The number of nitrogens with zero attached hydrogens (tertiary/aromatic N) is 2. The first-order valence-electron chi connectivity index (χ1n) is 13.4. The van der Waals surface area contributed by atoms with E-state index in [2.05, 4.69) is 156 Å². The molecule has 0 N–H and O–H groups in total. The monoisotopic (exact) mass is 498 g/mol. The van der Waals surface area contributed by atoms with Crippen molar-refractivity contribution in [1.82, 2.24) is 9.13 Å². The third-order valence-corrected chi connectivity index (χ3v) is 8.13. The topological polar surface area (TPSA) is 9.86 Å². The van der Waals surface area contributed by atoms with Crippen molar-refractivity contribution < 1.29 is 0 Å². The van der Waals surface area contributed by atoms with Gasteiger partial charge in [-0.2, -0.15) is 0 Å². The summed E-state index contributed by atoms with van der Waals surface area (Å²) < 4.78 is 4.67. The lowest BCUT2D eigenvalue weighted by Crippen LogP contribution is -1.92. The van der Waals surface area contributed by atoms with Crippen LogP contribution in [0.5, 0.6) is 0 Å². The van der Waals surface area contributed by atoms with Crippen LogP contribution < -0.4 is 0 Å². The number of aryl methyl sites for hydroxylation is 1. The van der Waals surface area contributed by atoms with Gasteiger partial charge < -0.3 is 9.13 Å². The van der Waals surface area contributed by atoms with Crippen molar-refractivity contribution in [3.63, 3.8) is 0 Å². The first-order chi connectivity index (χ1) is 19.3. The summed E-state index contributed by atoms with van der Waals surface area (Å²) in [6.07, 6.45) is 0. The molecule has 184 valence electrons. The van der Waals surface area contributed by atoms with Crippen LogP contribution >= 0.6 is 0 Å². The van der Waals surface area contributed by atoms with Gasteiger partial charge in [0.25, 0.3) is 0 Å². The highest BCUT2D eigenvalue weighted by Gasteiger charge is 2.15. The highest BCUT2D eigenvalue weighted by atomic mass is 15.0. The predicted octanol–water partition coefficient (Wildman–Crippen LogP) is 9.76. The summed E-state index contributed by atoms with van der Waals surface area (Å²) in [4.78, 5) is 0. The van der Waals surface area contributed by atoms with E-state index in [-0.39, 0.29) is 0 Å². The van der Waals surface area contributed by atoms with E-state index in [4.69, 9.17) is 0 Å². The molecule has 0 atom stereocenters. The van der Waals surface area contributed by atoms with E-state index in [0.717, 1.165) is 0 Å². The van der Waals surface area contributed by atoms with Crippen LogP contribution in [0.4, 0.5) is 0 Å². The Labute approximate surface area is 227 Å². The van der Waals surface area contributed by atoms with E-state index in [1.54, 1.807) is 0 Å². The van der Waals surface area contributed by atoms with Gasteiger partial charge in [-0.3, -0.25) is 0 Å². The molecule has 0 saturated heterocycles. The standard InChI is InChI=1S/C37H26N2/c1-38-34-19-16-26(25-10-4-2-5-11-25)22-32(34)33-24-27(17-20-35(33)38)28-18-21-37-31(23-28)30-14-8-9-15-36(30)39(37)29-12-6-3-7-13-29/h2-24H,1H3. The average Bonchev–Trinajstić information content (AvgIpc) is 3.49. The first-order valence-corrected chi connectivity index (χ1v) is 13.4. The van der Waals surface area contributed by atoms with Crippen LogP contribution in [0.25, 0.3) is 71.6 Å². The zero-order valence-corrected chi connectivity index (χ0v) is 21.7. The van der Waals surface area contributed by atoms with E-state index in [1.165, 1.54) is 71.6 Å². The molecule has 0 saturated carbocycles. The molecule has 0 aliphatic heterocycles. The van der Waals surface area contributed by atoms with Crippen LogP contribution in [0.3, 0.4) is 0 Å². The SMILES string of the molecule is Cn1c2ccc(-c3ccccc3)cc2c2cc(-c3ccc4c(c3)c3ccccc3n4-c3ccccc3)ccc21. The molecule has 2 heteroatoms. The van der Waals surface area contributed by atoms with Crippen LogP contribution in [0.2, 0.25) is 0 Å². The van der Waals surface area contributed by atoms with Crippen molar-refractivity contribution in [1.29, 1.82) is 0 Å². The Morgan fingerprint density at radius 3 is 1.46 bits per heavy atom. The maximum absolute atomic E-state index is 2.37. The molecule has 0 aliphatic rings. The fourth-order valence-corrected chi connectivity index (χ4v) is 6.22. The number of rotatable bonds is 3. The Bertz CT molecular complexity index is 2160. The van der Waals surface area contributed by atoms with Crippen molar-refractivity contribution in [2.45, 2.75) is 0 Å². The minimum Gasteiger partial charge on any atom is -0.344 e. The number of hydrogen-bond acceptors (Lipinski definition) is 0. The second-order valence-electron chi connectivity index (χ2n) is 10.3. The fourth-order valence-electron chi connectivity index (χ4n) is 6.22. The smallest absolute Gasteiger partial charge is 0.0541 e. The Morgan fingerprint density at radius 2 is 0.821 bits per heavy atom. The number of hydrogen-bond donors (Lipinski definition) is 0. The summed E-state index contributed by atoms with van der Waals surface area (Å²) in [5, 5.41) is 5.13. The van der Waals surface area contributed by atoms with Crippen molar-refractivity contribution in [2.75, 3.05) is 0 Å². The van der Waals surface area contributed by atoms with Gasteiger partial charge in [-0.25, -0.2) is 0 Å². The predicted molar refractivity (Wildman–Crippen MR) is 166 cm³/mol. The third-order valence-electron chi connectivity index (χ3n) is 8.13. The van der Waals surface area contributed by atoms with Gasteiger partial charge in [0.2, 0.25) is 0 Å². The number of para-hydroxylation sites is 2. The Hall–Kier alpha value is -5.08. The molecule has 8 rings (SSSR count). The lowest BCUT2D eigenvalue weighted by atomic mass is 9.99. The van der Waals surface area contributed by atoms with Gasteiger partial charge in [-0.15, -0.1) is 0 Å². The van der Waals surface area contributed by atoms with E-state index >= 15 is 0 Å². The van der Waals surface area contributed by atoms with Crippen LogP contribution in [0.1, 0.15) is 0 Å². The quantitative estimate of drug-likeness (QED) is 0.229. The van der Waals surface area contributed by atoms with Crippen molar-refractivity contribution in [2.24, 2.45) is 7.05 Å². The summed E-state index contributed by atoms with van der Waals surface area (Å²) in [6, 6.07) is 50.6. The van der Waals surface area contributed by atoms with Crippen molar-refractivity contribution in [3.05, 3.63) is 140 Å². The largest absolute Gasteiger partial charge is 0.344 e. The van der Waals surface area contributed by atoms with E-state index in [1.807, 2.05) is 0 Å². The number of benzene rings is 6. The van der Waals surface area contributed by atoms with Gasteiger partial charge in [-0.1, -0.05) is 84.9 Å². The summed E-state index contributed by atoms with van der Waals surface area (Å²) in [7, 11) is 2.16. The van der Waals surface area contributed by atoms with Gasteiger partial charge in [-0.05, 0) is 76.9 Å². The molecule has 6 aromatic carbocycles. The van der Waals surface area contributed by atoms with Crippen molar-refractivity contribution >= 4 is 43.6 Å². The number of fused-ring (bicyclic) bond motifs is 6. The molecule has 8 aromatic rings. The van der Waals surface area contributed by atoms with Crippen molar-refractivity contribution in [3.8, 4) is 27.9 Å². The maximum atomic E-state index is 2.37. The maximum Gasteiger partial charge on any atom is 0.0541 e. The third kappa shape index (κ3) is 3.35. The molecule has 0 bridgehead atoms. The second-order valence-corrected chi connectivity index (χ2v) is 10.3. The zero-order chi connectivity index (χ0) is 25.9. The molecule has 0 radical (unpaired) electrons. The highest BCUT2D eigenvalue weighted by molar-refractivity contribution is 6.12. The Kier molecular flexibility index (Phi) is 4.77. The highest BCUT2D eigenvalue weighted by Crippen LogP contribution is 2.37. The van der Waals surface area contributed by atoms with Crippen LogP contribution in [0, 0.1) is 0 Å². The molecule has 2 heterocycles. The molecule has 39 heavy (non-hydrogen) atoms. The molecule has 0 amide bonds. The van der Waals surface area contributed by atoms with E-state index in [9.17, 15) is 0 Å². The van der Waals surface area contributed by atoms with Crippen LogP contribution in [-0.2, 0) is 7.05 Å². The molecule has 2 nitrogen and oxygen atoms in total. The second kappa shape index (κ2) is 8.47. The lowest BCUT2D eigenvalue weighted by Gasteiger charge is -2.08. The Balaban J connectivity index is 1.33. The minimum absolute atomic E-state index is 1.18. The van der Waals surface area contributed by atoms with Gasteiger partial charge in [0.15, 0.2) is 0 Å². The molecular weight excluding hydrogens is 472 g/mol. The van der Waals surface area contributed by atoms with Gasteiger partial charge in [0.1, 0.15) is 0 Å². The molecule has 0 unspecified atom stereocenters. The average molecular weight is 499 g/mol. The Morgan fingerprint density at radius 1 is 0.359 bits per heavy atom. The summed E-state index contributed by atoms with van der Waals surface area (Å²) >= 11 is 0. The summed E-state index contributed by atoms with van der Waals surface area (Å²) in [5.41, 5.74) is 11.1. The minimum atomic E-state index is 1.18. The fraction of sp³-hybridized carbons (Fsp3) is 0.0270. The summed E-state index contributed by atoms with van der Waals surface area (Å²) in [5.74, 6) is 0. The van der Waals surface area contributed by atoms with Crippen LogP contribution in [-0.4, -0.2) is 9.13 Å². The van der Waals surface area contributed by atoms with E-state index < -0.39 is 0 Å². The van der Waals surface area contributed by atoms with E-state index in [0.29, 0.717) is 0 Å². The summed E-state index contributed by atoms with van der Waals surface area (Å²) in [6.45, 7) is 0. The zero-order valence-electron chi connectivity index (χ0n) is 21.7. The normalized spacial score (nSPS) is 11.7. The molecule has 2 aromatic heterocycles. The molecule has 0 spiro atoms. The van der Waals surface area contributed by atoms with Gasteiger partial charge >= 0.3 is 0 Å². The molecular formula is C37H26N2.